The van der Waals surface area contributed by atoms with E-state index < -0.39 is 0 Å². The number of amides is 1. The Labute approximate surface area is 281 Å². The van der Waals surface area contributed by atoms with E-state index in [4.69, 9.17) is 25.8 Å². The average molecular weight is 665 g/mol. The van der Waals surface area contributed by atoms with Crippen LogP contribution in [0.25, 0.3) is 0 Å². The van der Waals surface area contributed by atoms with Gasteiger partial charge in [-0.15, -0.1) is 0 Å². The van der Waals surface area contributed by atoms with Crippen molar-refractivity contribution >= 4 is 46.3 Å². The molecule has 3 aliphatic heterocycles. The molecule has 1 amide bonds. The van der Waals surface area contributed by atoms with Gasteiger partial charge >= 0.3 is 0 Å². The molecule has 0 unspecified atom stereocenters. The number of anilines is 5. The first-order valence-corrected chi connectivity index (χ1v) is 16.7. The maximum absolute atomic E-state index is 13.7. The number of halogens is 1. The lowest BCUT2D eigenvalue weighted by molar-refractivity contribution is 0.0782. The van der Waals surface area contributed by atoms with Crippen LogP contribution in [-0.4, -0.2) is 124 Å². The van der Waals surface area contributed by atoms with Crippen molar-refractivity contribution in [2.24, 2.45) is 0 Å². The number of hydrogen-bond donors (Lipinski definition) is 2. The van der Waals surface area contributed by atoms with Crippen LogP contribution in [0.2, 0.25) is 5.02 Å². The summed E-state index contributed by atoms with van der Waals surface area (Å²) in [6.45, 7) is 8.13. The van der Waals surface area contributed by atoms with Crippen molar-refractivity contribution in [3.63, 3.8) is 0 Å². The van der Waals surface area contributed by atoms with E-state index in [9.17, 15) is 4.79 Å². The monoisotopic (exact) mass is 664 g/mol. The van der Waals surface area contributed by atoms with E-state index in [2.05, 4.69) is 48.4 Å². The maximum atomic E-state index is 13.7. The Bertz CT molecular complexity index is 1560. The van der Waals surface area contributed by atoms with E-state index in [1.165, 1.54) is 6.20 Å². The second-order valence-electron chi connectivity index (χ2n) is 12.4. The van der Waals surface area contributed by atoms with Crippen LogP contribution in [-0.2, 0) is 11.2 Å². The van der Waals surface area contributed by atoms with Crippen molar-refractivity contribution in [3.8, 4) is 11.5 Å². The molecule has 3 aromatic rings. The smallest absolute Gasteiger partial charge is 0.256 e. The molecule has 13 heteroatoms. The number of benzene rings is 2. The number of aromatic nitrogens is 2. The predicted molar refractivity (Wildman–Crippen MR) is 185 cm³/mol. The highest BCUT2D eigenvalue weighted by Gasteiger charge is 2.32. The molecule has 0 bridgehead atoms. The normalized spacial score (nSPS) is 17.9. The molecule has 6 rings (SSSR count). The van der Waals surface area contributed by atoms with Crippen molar-refractivity contribution in [2.75, 3.05) is 103 Å². The molecule has 12 nitrogen and oxygen atoms in total. The molecule has 47 heavy (non-hydrogen) atoms. The molecular formula is C34H45ClN8O4. The van der Waals surface area contributed by atoms with Crippen LogP contribution in [0.1, 0.15) is 28.8 Å². The fraction of sp³-hybridized carbons (Fsp3) is 0.500. The van der Waals surface area contributed by atoms with E-state index >= 15 is 0 Å². The number of nitrogens with zero attached hydrogens (tertiary/aromatic N) is 6. The number of fused-ring (bicyclic) bond motifs is 1. The standard InChI is InChI=1S/C34H45ClN8O4/c1-40-15-17-42(18-16-40)23-9-13-43(14-10-23)29-8-7-28(31-25(29)11-12-41(2)33(31)44)37-32-26(35)22-36-34(39-32)38-27-6-5-24(21-30(27)46-4)47-20-19-45-3/h5-8,21-23H,9-20H2,1-4H3,(H2,36,37,38,39). The molecule has 2 fully saturated rings. The minimum Gasteiger partial charge on any atom is -0.494 e. The third-order valence-electron chi connectivity index (χ3n) is 9.38. The summed E-state index contributed by atoms with van der Waals surface area (Å²) in [6.07, 6.45) is 4.59. The number of carbonyl (C=O) groups excluding carboxylic acids is 1. The number of ether oxygens (including phenoxy) is 3. The number of hydrogen-bond acceptors (Lipinski definition) is 11. The van der Waals surface area contributed by atoms with Gasteiger partial charge in [-0.2, -0.15) is 4.98 Å². The van der Waals surface area contributed by atoms with Crippen LogP contribution in [0.15, 0.2) is 36.5 Å². The number of likely N-dealkylation sites (N-methyl/N-ethyl adjacent to an activating group) is 2. The highest BCUT2D eigenvalue weighted by Crippen LogP contribution is 2.38. The third-order valence-corrected chi connectivity index (χ3v) is 9.65. The van der Waals surface area contributed by atoms with Crippen LogP contribution < -0.4 is 25.0 Å². The van der Waals surface area contributed by atoms with Gasteiger partial charge in [0.25, 0.3) is 5.91 Å². The molecule has 252 valence electrons. The lowest BCUT2D eigenvalue weighted by Gasteiger charge is -2.43. The first-order valence-electron chi connectivity index (χ1n) is 16.3. The van der Waals surface area contributed by atoms with E-state index in [0.29, 0.717) is 71.0 Å². The Balaban J connectivity index is 1.20. The first kappa shape index (κ1) is 33.1. The molecule has 0 aliphatic carbocycles. The van der Waals surface area contributed by atoms with Crippen LogP contribution in [0.3, 0.4) is 0 Å². The molecule has 3 aliphatic rings. The molecular weight excluding hydrogens is 620 g/mol. The Morgan fingerprint density at radius 1 is 0.936 bits per heavy atom. The Morgan fingerprint density at radius 3 is 2.45 bits per heavy atom. The van der Waals surface area contributed by atoms with Gasteiger partial charge in [0.1, 0.15) is 23.1 Å². The molecule has 2 saturated heterocycles. The zero-order chi connectivity index (χ0) is 32.9. The summed E-state index contributed by atoms with van der Waals surface area (Å²) in [5.41, 5.74) is 4.25. The average Bonchev–Trinajstić information content (AvgIpc) is 3.09. The fourth-order valence-electron chi connectivity index (χ4n) is 6.64. The summed E-state index contributed by atoms with van der Waals surface area (Å²) < 4.78 is 16.3. The van der Waals surface area contributed by atoms with Crippen molar-refractivity contribution in [2.45, 2.75) is 25.3 Å². The zero-order valence-corrected chi connectivity index (χ0v) is 28.5. The van der Waals surface area contributed by atoms with Gasteiger partial charge < -0.3 is 39.5 Å². The largest absolute Gasteiger partial charge is 0.494 e. The Hall–Kier alpha value is -3.84. The van der Waals surface area contributed by atoms with Crippen LogP contribution in [0.5, 0.6) is 11.5 Å². The van der Waals surface area contributed by atoms with Gasteiger partial charge in [0.2, 0.25) is 5.95 Å². The Kier molecular flexibility index (Phi) is 10.5. The highest BCUT2D eigenvalue weighted by atomic mass is 35.5. The third kappa shape index (κ3) is 7.51. The molecule has 2 aromatic carbocycles. The summed E-state index contributed by atoms with van der Waals surface area (Å²) in [7, 11) is 7.27. The van der Waals surface area contributed by atoms with Crippen LogP contribution in [0, 0.1) is 0 Å². The number of nitrogens with one attached hydrogen (secondary N) is 2. The summed E-state index contributed by atoms with van der Waals surface area (Å²) in [5, 5.41) is 6.92. The van der Waals surface area contributed by atoms with Gasteiger partial charge in [-0.25, -0.2) is 4.98 Å². The topological polar surface area (TPSA) is 108 Å². The lowest BCUT2D eigenvalue weighted by atomic mass is 9.93. The quantitative estimate of drug-likeness (QED) is 0.283. The number of piperazine rings is 1. The van der Waals surface area contributed by atoms with E-state index in [0.717, 1.165) is 69.8 Å². The highest BCUT2D eigenvalue weighted by molar-refractivity contribution is 6.33. The van der Waals surface area contributed by atoms with Gasteiger partial charge in [-0.05, 0) is 56.1 Å². The summed E-state index contributed by atoms with van der Waals surface area (Å²) in [4.78, 5) is 32.0. The molecule has 2 N–H and O–H groups in total. The molecule has 0 saturated carbocycles. The van der Waals surface area contributed by atoms with Crippen LogP contribution in [0.4, 0.5) is 28.8 Å². The van der Waals surface area contributed by atoms with Gasteiger partial charge in [0.05, 0.1) is 36.9 Å². The summed E-state index contributed by atoms with van der Waals surface area (Å²) >= 11 is 6.60. The SMILES string of the molecule is COCCOc1ccc(Nc2ncc(Cl)c(Nc3ccc(N4CCC(N5CCN(C)CC5)CC4)c4c3C(=O)N(C)CC4)n2)c(OC)c1. The summed E-state index contributed by atoms with van der Waals surface area (Å²) in [6, 6.07) is 10.2. The van der Waals surface area contributed by atoms with Crippen molar-refractivity contribution in [3.05, 3.63) is 52.7 Å². The van der Waals surface area contributed by atoms with Crippen molar-refractivity contribution in [1.29, 1.82) is 0 Å². The van der Waals surface area contributed by atoms with Crippen molar-refractivity contribution in [1.82, 2.24) is 24.7 Å². The van der Waals surface area contributed by atoms with E-state index in [1.807, 2.05) is 25.2 Å². The second kappa shape index (κ2) is 14.9. The van der Waals surface area contributed by atoms with E-state index in [1.54, 1.807) is 25.2 Å². The molecule has 0 radical (unpaired) electrons. The molecule has 1 aromatic heterocycles. The predicted octanol–water partition coefficient (Wildman–Crippen LogP) is 4.50. The number of piperidine rings is 1. The fourth-order valence-corrected chi connectivity index (χ4v) is 6.77. The van der Waals surface area contributed by atoms with E-state index in [-0.39, 0.29) is 5.91 Å². The number of carbonyl (C=O) groups is 1. The van der Waals surface area contributed by atoms with Gasteiger partial charge in [-0.1, -0.05) is 11.6 Å². The maximum Gasteiger partial charge on any atom is 0.256 e. The molecule has 0 spiro atoms. The second-order valence-corrected chi connectivity index (χ2v) is 12.8. The van der Waals surface area contributed by atoms with Gasteiger partial charge in [0, 0.05) is 77.8 Å². The van der Waals surface area contributed by atoms with Gasteiger partial charge in [-0.3, -0.25) is 9.69 Å². The van der Waals surface area contributed by atoms with Crippen molar-refractivity contribution < 1.29 is 19.0 Å². The first-order chi connectivity index (χ1) is 22.8. The minimum atomic E-state index is -0.0102. The number of rotatable bonds is 11. The number of methoxy groups -OCH3 is 2. The van der Waals surface area contributed by atoms with Gasteiger partial charge in [0.15, 0.2) is 5.82 Å². The Morgan fingerprint density at radius 2 is 1.70 bits per heavy atom. The lowest BCUT2D eigenvalue weighted by Crippen LogP contribution is -2.52. The van der Waals surface area contributed by atoms with Crippen LogP contribution >= 0.6 is 11.6 Å². The minimum absolute atomic E-state index is 0.0102. The molecule has 4 heterocycles. The summed E-state index contributed by atoms with van der Waals surface area (Å²) in [5.74, 6) is 1.93. The zero-order valence-electron chi connectivity index (χ0n) is 27.7. The molecule has 0 atom stereocenters.